The second-order valence-electron chi connectivity index (χ2n) is 5.76. The minimum absolute atomic E-state index is 0.0150. The van der Waals surface area contributed by atoms with Crippen LogP contribution in [0.4, 0.5) is 0 Å². The molecule has 0 spiro atoms. The van der Waals surface area contributed by atoms with Crippen molar-refractivity contribution in [1.29, 1.82) is 0 Å². The summed E-state index contributed by atoms with van der Waals surface area (Å²) in [5, 5.41) is 11.7. The molecule has 0 bridgehead atoms. The highest BCUT2D eigenvalue weighted by Gasteiger charge is 2.41. The molecule has 5 heteroatoms. The molecule has 0 aromatic rings. The van der Waals surface area contributed by atoms with Gasteiger partial charge in [0.25, 0.3) is 0 Å². The van der Waals surface area contributed by atoms with Crippen molar-refractivity contribution in [2.24, 2.45) is 17.8 Å². The van der Waals surface area contributed by atoms with Gasteiger partial charge in [-0.1, -0.05) is 12.8 Å². The SMILES string of the molecule is COCC(NC(=O)C(C1CCC1)C1CCC1)C(=O)O. The maximum atomic E-state index is 12.4. The van der Waals surface area contributed by atoms with Gasteiger partial charge in [0.1, 0.15) is 0 Å². The second kappa shape index (κ2) is 6.37. The maximum Gasteiger partial charge on any atom is 0.328 e. The first-order valence-corrected chi connectivity index (χ1v) is 7.15. The molecule has 0 aromatic carbocycles. The largest absolute Gasteiger partial charge is 0.480 e. The minimum atomic E-state index is -1.03. The van der Waals surface area contributed by atoms with Crippen LogP contribution < -0.4 is 5.32 Å². The van der Waals surface area contributed by atoms with Crippen LogP contribution in [0.3, 0.4) is 0 Å². The van der Waals surface area contributed by atoms with Crippen LogP contribution in [0, 0.1) is 17.8 Å². The van der Waals surface area contributed by atoms with Crippen LogP contribution >= 0.6 is 0 Å². The summed E-state index contributed by atoms with van der Waals surface area (Å²) in [7, 11) is 1.44. The van der Waals surface area contributed by atoms with Crippen molar-refractivity contribution < 1.29 is 19.4 Å². The van der Waals surface area contributed by atoms with Gasteiger partial charge in [0.2, 0.25) is 5.91 Å². The van der Waals surface area contributed by atoms with Crippen LogP contribution in [0.2, 0.25) is 0 Å². The van der Waals surface area contributed by atoms with E-state index >= 15 is 0 Å². The summed E-state index contributed by atoms with van der Waals surface area (Å²) in [4.78, 5) is 23.4. The van der Waals surface area contributed by atoms with Crippen molar-refractivity contribution >= 4 is 11.9 Å². The summed E-state index contributed by atoms with van der Waals surface area (Å²) in [5.41, 5.74) is 0. The van der Waals surface area contributed by atoms with E-state index < -0.39 is 12.0 Å². The third kappa shape index (κ3) is 3.26. The van der Waals surface area contributed by atoms with Gasteiger partial charge in [0, 0.05) is 13.0 Å². The Bertz CT molecular complexity index is 322. The molecule has 0 aromatic heterocycles. The zero-order valence-electron chi connectivity index (χ0n) is 11.4. The minimum Gasteiger partial charge on any atom is -0.480 e. The molecule has 2 rings (SSSR count). The summed E-state index contributed by atoms with van der Waals surface area (Å²) in [6.45, 7) is 0.0170. The van der Waals surface area contributed by atoms with Crippen LogP contribution in [0.1, 0.15) is 38.5 Å². The summed E-state index contributed by atoms with van der Waals surface area (Å²) < 4.78 is 4.85. The Hall–Kier alpha value is -1.10. The number of hydrogen-bond donors (Lipinski definition) is 2. The van der Waals surface area contributed by atoms with Crippen LogP contribution in [0.5, 0.6) is 0 Å². The molecule has 1 unspecified atom stereocenters. The molecule has 2 fully saturated rings. The lowest BCUT2D eigenvalue weighted by Gasteiger charge is -2.41. The highest BCUT2D eigenvalue weighted by atomic mass is 16.5. The molecule has 108 valence electrons. The first kappa shape index (κ1) is 14.3. The van der Waals surface area contributed by atoms with Crippen molar-refractivity contribution in [1.82, 2.24) is 5.32 Å². The van der Waals surface area contributed by atoms with Crippen molar-refractivity contribution in [2.45, 2.75) is 44.6 Å². The smallest absolute Gasteiger partial charge is 0.328 e. The van der Waals surface area contributed by atoms with Crippen molar-refractivity contribution in [3.63, 3.8) is 0 Å². The normalized spacial score (nSPS) is 21.6. The summed E-state index contributed by atoms with van der Waals surface area (Å²) in [6.07, 6.45) is 6.82. The predicted molar refractivity (Wildman–Crippen MR) is 69.6 cm³/mol. The molecule has 0 radical (unpaired) electrons. The quantitative estimate of drug-likeness (QED) is 0.733. The molecule has 19 heavy (non-hydrogen) atoms. The van der Waals surface area contributed by atoms with E-state index in [0.29, 0.717) is 11.8 Å². The number of rotatable bonds is 7. The third-order valence-corrected chi connectivity index (χ3v) is 4.57. The van der Waals surface area contributed by atoms with Gasteiger partial charge in [0.05, 0.1) is 6.61 Å². The number of carbonyl (C=O) groups is 2. The number of hydrogen-bond acceptors (Lipinski definition) is 3. The first-order valence-electron chi connectivity index (χ1n) is 7.15. The fourth-order valence-corrected chi connectivity index (χ4v) is 3.02. The lowest BCUT2D eigenvalue weighted by atomic mass is 9.64. The summed E-state index contributed by atoms with van der Waals surface area (Å²) >= 11 is 0. The predicted octanol–water partition coefficient (Wildman–Crippen LogP) is 1.42. The number of carboxylic acids is 1. The van der Waals surface area contributed by atoms with Crippen molar-refractivity contribution in [3.05, 3.63) is 0 Å². The summed E-state index contributed by atoms with van der Waals surface area (Å²) in [6, 6.07) is -0.930. The topological polar surface area (TPSA) is 75.6 Å². The molecule has 2 saturated carbocycles. The molecular formula is C14H23NO4. The molecule has 2 N–H and O–H groups in total. The van der Waals surface area contributed by atoms with E-state index in [2.05, 4.69) is 5.32 Å². The fraction of sp³-hybridized carbons (Fsp3) is 0.857. The standard InChI is InChI=1S/C14H23NO4/c1-19-8-11(14(17)18)15-13(16)12(9-4-2-5-9)10-6-3-7-10/h9-12H,2-8H2,1H3,(H,15,16)(H,17,18). The van der Waals surface area contributed by atoms with E-state index in [1.807, 2.05) is 0 Å². The highest BCUT2D eigenvalue weighted by Crippen LogP contribution is 2.44. The molecule has 2 aliphatic carbocycles. The van der Waals surface area contributed by atoms with Crippen LogP contribution in [-0.2, 0) is 14.3 Å². The van der Waals surface area contributed by atoms with Gasteiger partial charge in [-0.25, -0.2) is 4.79 Å². The van der Waals surface area contributed by atoms with Crippen LogP contribution in [0.15, 0.2) is 0 Å². The molecule has 0 heterocycles. The van der Waals surface area contributed by atoms with Gasteiger partial charge in [-0.05, 0) is 37.5 Å². The van der Waals surface area contributed by atoms with Gasteiger partial charge in [-0.2, -0.15) is 0 Å². The fourth-order valence-electron chi connectivity index (χ4n) is 3.02. The van der Waals surface area contributed by atoms with E-state index in [4.69, 9.17) is 9.84 Å². The van der Waals surface area contributed by atoms with E-state index in [0.717, 1.165) is 25.7 Å². The molecule has 1 amide bonds. The Kier molecular flexibility index (Phi) is 4.80. The Morgan fingerprint density at radius 3 is 2.05 bits per heavy atom. The zero-order valence-corrected chi connectivity index (χ0v) is 11.4. The van der Waals surface area contributed by atoms with E-state index in [-0.39, 0.29) is 18.4 Å². The van der Waals surface area contributed by atoms with Crippen LogP contribution in [0.25, 0.3) is 0 Å². The Balaban J connectivity index is 1.95. The van der Waals surface area contributed by atoms with E-state index in [1.165, 1.54) is 20.0 Å². The number of carboxylic acid groups (broad SMARTS) is 1. The summed E-state index contributed by atoms with van der Waals surface area (Å²) in [5.74, 6) is -0.180. The van der Waals surface area contributed by atoms with Gasteiger partial charge in [0.15, 0.2) is 6.04 Å². The van der Waals surface area contributed by atoms with Gasteiger partial charge >= 0.3 is 5.97 Å². The van der Waals surface area contributed by atoms with E-state index in [1.54, 1.807) is 0 Å². The average Bonchev–Trinajstić information content (AvgIpc) is 2.22. The number of aliphatic carboxylic acids is 1. The van der Waals surface area contributed by atoms with E-state index in [9.17, 15) is 9.59 Å². The Morgan fingerprint density at radius 1 is 1.21 bits per heavy atom. The first-order chi connectivity index (χ1) is 9.13. The monoisotopic (exact) mass is 269 g/mol. The molecule has 0 saturated heterocycles. The number of carbonyl (C=O) groups excluding carboxylic acids is 1. The maximum absolute atomic E-state index is 12.4. The Labute approximate surface area is 113 Å². The molecule has 1 atom stereocenters. The lowest BCUT2D eigenvalue weighted by Crippen LogP contribution is -2.50. The number of ether oxygens (including phenoxy) is 1. The molecule has 0 aliphatic heterocycles. The third-order valence-electron chi connectivity index (χ3n) is 4.57. The van der Waals surface area contributed by atoms with Crippen LogP contribution in [-0.4, -0.2) is 36.7 Å². The van der Waals surface area contributed by atoms with Gasteiger partial charge in [-0.15, -0.1) is 0 Å². The second-order valence-corrected chi connectivity index (χ2v) is 5.76. The molecule has 2 aliphatic rings. The van der Waals surface area contributed by atoms with Crippen molar-refractivity contribution in [3.8, 4) is 0 Å². The number of methoxy groups -OCH3 is 1. The lowest BCUT2D eigenvalue weighted by molar-refractivity contribution is -0.145. The molecular weight excluding hydrogens is 246 g/mol. The van der Waals surface area contributed by atoms with Gasteiger partial charge < -0.3 is 15.2 Å². The molecule has 5 nitrogen and oxygen atoms in total. The van der Waals surface area contributed by atoms with Crippen molar-refractivity contribution in [2.75, 3.05) is 13.7 Å². The van der Waals surface area contributed by atoms with Gasteiger partial charge in [-0.3, -0.25) is 4.79 Å². The highest BCUT2D eigenvalue weighted by molar-refractivity contribution is 5.85. The number of nitrogens with one attached hydrogen (secondary N) is 1. The average molecular weight is 269 g/mol. The number of amides is 1. The zero-order chi connectivity index (χ0) is 13.8. The Morgan fingerprint density at radius 2 is 1.74 bits per heavy atom.